The average molecular weight is 245 g/mol. The molecule has 0 bridgehead atoms. The van der Waals surface area contributed by atoms with Crippen molar-refractivity contribution in [3.05, 3.63) is 42.7 Å². The number of hydrogen-bond acceptors (Lipinski definition) is 4. The Kier molecular flexibility index (Phi) is 3.90. The van der Waals surface area contributed by atoms with Crippen molar-refractivity contribution < 1.29 is 4.79 Å². The van der Waals surface area contributed by atoms with E-state index < -0.39 is 5.91 Å². The number of nitrogens with one attached hydrogen (secondary N) is 1. The zero-order chi connectivity index (χ0) is 12.8. The van der Waals surface area contributed by atoms with Crippen molar-refractivity contribution in [1.29, 1.82) is 0 Å². The molecule has 6 nitrogen and oxygen atoms in total. The smallest absolute Gasteiger partial charge is 0.267 e. The van der Waals surface area contributed by atoms with E-state index in [4.69, 9.17) is 5.73 Å². The molecule has 3 N–H and O–H groups in total. The number of pyridine rings is 1. The van der Waals surface area contributed by atoms with Gasteiger partial charge in [-0.2, -0.15) is 0 Å². The van der Waals surface area contributed by atoms with Gasteiger partial charge in [-0.1, -0.05) is 0 Å². The van der Waals surface area contributed by atoms with Crippen LogP contribution in [0.5, 0.6) is 0 Å². The summed E-state index contributed by atoms with van der Waals surface area (Å²) >= 11 is 0. The molecule has 0 saturated carbocycles. The second kappa shape index (κ2) is 5.81. The summed E-state index contributed by atoms with van der Waals surface area (Å²) in [5.74, 6) is -0.517. The van der Waals surface area contributed by atoms with Gasteiger partial charge in [0.1, 0.15) is 5.69 Å². The first-order chi connectivity index (χ1) is 8.75. The number of imidazole rings is 1. The Morgan fingerprint density at radius 1 is 1.44 bits per heavy atom. The van der Waals surface area contributed by atoms with Crippen molar-refractivity contribution in [2.75, 3.05) is 11.9 Å². The van der Waals surface area contributed by atoms with Crippen LogP contribution in [0.15, 0.2) is 37.1 Å². The number of carbonyl (C=O) groups excluding carboxylic acids is 1. The van der Waals surface area contributed by atoms with Crippen molar-refractivity contribution in [3.63, 3.8) is 0 Å². The van der Waals surface area contributed by atoms with E-state index in [0.29, 0.717) is 0 Å². The first-order valence-corrected chi connectivity index (χ1v) is 5.71. The molecule has 0 aliphatic heterocycles. The first kappa shape index (κ1) is 12.1. The van der Waals surface area contributed by atoms with E-state index in [-0.39, 0.29) is 5.69 Å². The minimum Gasteiger partial charge on any atom is -0.385 e. The summed E-state index contributed by atoms with van der Waals surface area (Å²) in [5, 5.41) is 3.22. The highest BCUT2D eigenvalue weighted by molar-refractivity contribution is 5.91. The lowest BCUT2D eigenvalue weighted by Gasteiger charge is -2.07. The molecule has 2 aromatic rings. The molecule has 94 valence electrons. The Morgan fingerprint density at radius 2 is 2.33 bits per heavy atom. The van der Waals surface area contributed by atoms with Crippen LogP contribution in [0.3, 0.4) is 0 Å². The lowest BCUT2D eigenvalue weighted by Crippen LogP contribution is -2.13. The predicted molar refractivity (Wildman–Crippen MR) is 68.1 cm³/mol. The number of aryl methyl sites for hydroxylation is 1. The van der Waals surface area contributed by atoms with Gasteiger partial charge < -0.3 is 15.6 Å². The van der Waals surface area contributed by atoms with Crippen LogP contribution in [-0.4, -0.2) is 27.0 Å². The summed E-state index contributed by atoms with van der Waals surface area (Å²) in [7, 11) is 0. The number of nitrogens with zero attached hydrogens (tertiary/aromatic N) is 3. The maximum absolute atomic E-state index is 11.0. The Hall–Kier alpha value is -2.37. The molecule has 6 heteroatoms. The molecule has 0 atom stereocenters. The fourth-order valence-electron chi connectivity index (χ4n) is 1.59. The number of rotatable bonds is 6. The van der Waals surface area contributed by atoms with E-state index in [0.717, 1.165) is 25.2 Å². The molecule has 0 aliphatic carbocycles. The Labute approximate surface area is 105 Å². The number of primary amides is 1. The number of nitrogens with two attached hydrogens (primary N) is 1. The van der Waals surface area contributed by atoms with Gasteiger partial charge in [0, 0.05) is 37.4 Å². The minimum atomic E-state index is -0.517. The monoisotopic (exact) mass is 245 g/mol. The van der Waals surface area contributed by atoms with E-state index in [1.807, 2.05) is 16.8 Å². The van der Waals surface area contributed by atoms with Crippen LogP contribution < -0.4 is 11.1 Å². The SMILES string of the molecule is NC(=O)c1cc(NCCCn2ccnc2)ccn1. The largest absolute Gasteiger partial charge is 0.385 e. The van der Waals surface area contributed by atoms with Gasteiger partial charge in [0.2, 0.25) is 0 Å². The van der Waals surface area contributed by atoms with Crippen LogP contribution in [0.25, 0.3) is 0 Å². The van der Waals surface area contributed by atoms with E-state index in [1.165, 1.54) is 0 Å². The highest BCUT2D eigenvalue weighted by atomic mass is 16.1. The Balaban J connectivity index is 1.79. The highest BCUT2D eigenvalue weighted by Gasteiger charge is 2.02. The van der Waals surface area contributed by atoms with Crippen molar-refractivity contribution in [1.82, 2.24) is 14.5 Å². The third kappa shape index (κ3) is 3.31. The minimum absolute atomic E-state index is 0.273. The summed E-state index contributed by atoms with van der Waals surface area (Å²) in [5.41, 5.74) is 6.29. The highest BCUT2D eigenvalue weighted by Crippen LogP contribution is 2.07. The van der Waals surface area contributed by atoms with Gasteiger partial charge in [-0.05, 0) is 18.6 Å². The van der Waals surface area contributed by atoms with E-state index in [1.54, 1.807) is 24.8 Å². The van der Waals surface area contributed by atoms with E-state index in [9.17, 15) is 4.79 Å². The summed E-state index contributed by atoms with van der Waals surface area (Å²) in [6.07, 6.45) is 8.01. The Bertz CT molecular complexity index is 509. The third-order valence-electron chi connectivity index (χ3n) is 2.49. The molecule has 0 unspecified atom stereocenters. The zero-order valence-corrected chi connectivity index (χ0v) is 9.91. The molecule has 0 saturated heterocycles. The standard InChI is InChI=1S/C12H15N5O/c13-12(18)11-8-10(2-4-16-11)15-3-1-6-17-7-5-14-9-17/h2,4-5,7-9H,1,3,6H2,(H2,13,18)(H,15,16). The quantitative estimate of drug-likeness (QED) is 0.740. The second-order valence-corrected chi connectivity index (χ2v) is 3.87. The molecular weight excluding hydrogens is 230 g/mol. The van der Waals surface area contributed by atoms with Gasteiger partial charge in [0.05, 0.1) is 6.33 Å². The van der Waals surface area contributed by atoms with Gasteiger partial charge in [0.15, 0.2) is 0 Å². The van der Waals surface area contributed by atoms with E-state index in [2.05, 4.69) is 15.3 Å². The van der Waals surface area contributed by atoms with Crippen LogP contribution in [0.2, 0.25) is 0 Å². The lowest BCUT2D eigenvalue weighted by molar-refractivity contribution is 0.0995. The molecule has 0 aromatic carbocycles. The summed E-state index contributed by atoms with van der Waals surface area (Å²) < 4.78 is 2.02. The van der Waals surface area contributed by atoms with Crippen LogP contribution in [0.4, 0.5) is 5.69 Å². The molecule has 0 radical (unpaired) electrons. The zero-order valence-electron chi connectivity index (χ0n) is 9.91. The Morgan fingerprint density at radius 3 is 3.06 bits per heavy atom. The van der Waals surface area contributed by atoms with Crippen LogP contribution in [0, 0.1) is 0 Å². The van der Waals surface area contributed by atoms with Crippen molar-refractivity contribution >= 4 is 11.6 Å². The van der Waals surface area contributed by atoms with E-state index >= 15 is 0 Å². The summed E-state index contributed by atoms with van der Waals surface area (Å²) in [4.78, 5) is 18.8. The molecule has 0 aliphatic rings. The maximum Gasteiger partial charge on any atom is 0.267 e. The van der Waals surface area contributed by atoms with Gasteiger partial charge in [-0.25, -0.2) is 4.98 Å². The molecule has 2 heterocycles. The molecular formula is C12H15N5O. The van der Waals surface area contributed by atoms with Gasteiger partial charge in [-0.3, -0.25) is 9.78 Å². The van der Waals surface area contributed by atoms with Crippen LogP contribution >= 0.6 is 0 Å². The lowest BCUT2D eigenvalue weighted by atomic mass is 10.3. The number of hydrogen-bond donors (Lipinski definition) is 2. The van der Waals surface area contributed by atoms with Gasteiger partial charge >= 0.3 is 0 Å². The number of carbonyl (C=O) groups is 1. The second-order valence-electron chi connectivity index (χ2n) is 3.87. The van der Waals surface area contributed by atoms with Gasteiger partial charge in [0.25, 0.3) is 5.91 Å². The number of amides is 1. The molecule has 18 heavy (non-hydrogen) atoms. The first-order valence-electron chi connectivity index (χ1n) is 5.71. The average Bonchev–Trinajstić information content (AvgIpc) is 2.88. The number of anilines is 1. The van der Waals surface area contributed by atoms with Crippen LogP contribution in [-0.2, 0) is 6.54 Å². The normalized spacial score (nSPS) is 10.2. The van der Waals surface area contributed by atoms with Gasteiger partial charge in [-0.15, -0.1) is 0 Å². The fraction of sp³-hybridized carbons (Fsp3) is 0.250. The molecule has 0 fully saturated rings. The van der Waals surface area contributed by atoms with Crippen molar-refractivity contribution in [3.8, 4) is 0 Å². The fourth-order valence-corrected chi connectivity index (χ4v) is 1.59. The third-order valence-corrected chi connectivity index (χ3v) is 2.49. The maximum atomic E-state index is 11.0. The molecule has 1 amide bonds. The van der Waals surface area contributed by atoms with Crippen molar-refractivity contribution in [2.24, 2.45) is 5.73 Å². The number of aromatic nitrogens is 3. The molecule has 2 aromatic heterocycles. The molecule has 0 spiro atoms. The summed E-state index contributed by atoms with van der Waals surface area (Å²) in [6.45, 7) is 1.71. The van der Waals surface area contributed by atoms with Crippen LogP contribution in [0.1, 0.15) is 16.9 Å². The predicted octanol–water partition coefficient (Wildman–Crippen LogP) is 0.879. The molecule has 2 rings (SSSR count). The van der Waals surface area contributed by atoms with Crippen molar-refractivity contribution in [2.45, 2.75) is 13.0 Å². The summed E-state index contributed by atoms with van der Waals surface area (Å²) in [6, 6.07) is 3.46. The topological polar surface area (TPSA) is 85.8 Å².